The molecule has 0 radical (unpaired) electrons. The van der Waals surface area contributed by atoms with Crippen LogP contribution in [0, 0.1) is 0 Å². The molecule has 0 aliphatic rings. The summed E-state index contributed by atoms with van der Waals surface area (Å²) in [6.45, 7) is 0. The molecule has 30 heavy (non-hydrogen) atoms. The number of amides is 1. The monoisotopic (exact) mass is 412 g/mol. The van der Waals surface area contributed by atoms with Gasteiger partial charge in [-0.3, -0.25) is 9.78 Å². The highest BCUT2D eigenvalue weighted by atomic mass is 32.2. The van der Waals surface area contributed by atoms with E-state index in [1.165, 1.54) is 11.8 Å². The Morgan fingerprint density at radius 1 is 0.933 bits per heavy atom. The van der Waals surface area contributed by atoms with Crippen LogP contribution in [0.15, 0.2) is 88.8 Å². The van der Waals surface area contributed by atoms with E-state index in [0.29, 0.717) is 27.9 Å². The van der Waals surface area contributed by atoms with Crippen molar-refractivity contribution in [3.8, 4) is 0 Å². The third kappa shape index (κ3) is 3.62. The van der Waals surface area contributed by atoms with Crippen molar-refractivity contribution in [1.29, 1.82) is 0 Å². The molecule has 0 atom stereocenters. The van der Waals surface area contributed by atoms with E-state index < -0.39 is 0 Å². The van der Waals surface area contributed by atoms with Gasteiger partial charge in [-0.2, -0.15) is 0 Å². The average molecular weight is 412 g/mol. The van der Waals surface area contributed by atoms with Crippen molar-refractivity contribution in [2.75, 3.05) is 5.32 Å². The Bertz CT molecular complexity index is 1350. The van der Waals surface area contributed by atoms with E-state index in [4.69, 9.17) is 4.42 Å². The van der Waals surface area contributed by atoms with E-state index in [2.05, 4.69) is 20.3 Å². The second kappa shape index (κ2) is 7.96. The van der Waals surface area contributed by atoms with E-state index in [1.807, 2.05) is 54.6 Å². The van der Waals surface area contributed by atoms with Crippen molar-refractivity contribution in [2.45, 2.75) is 10.9 Å². The molecular weight excluding hydrogens is 396 g/mol. The number of carbonyl (C=O) groups excluding carboxylic acids is 1. The molecule has 0 saturated heterocycles. The number of furan rings is 1. The zero-order chi connectivity index (χ0) is 20.3. The second-order valence-corrected chi connectivity index (χ2v) is 7.53. The minimum absolute atomic E-state index is 0.293. The van der Waals surface area contributed by atoms with Crippen LogP contribution < -0.4 is 5.32 Å². The standard InChI is InChI=1S/C23H16N4O2S/c28-22(27-16-8-9-19-15(13-16)5-3-10-24-19)21-18(14-30-23-25-11-4-12-26-23)17-6-1-2-7-20(17)29-21/h1-13H,14H2,(H,27,28). The van der Waals surface area contributed by atoms with Gasteiger partial charge in [-0.1, -0.05) is 36.0 Å². The molecule has 0 aliphatic heterocycles. The van der Waals surface area contributed by atoms with E-state index in [9.17, 15) is 4.79 Å². The van der Waals surface area contributed by atoms with Gasteiger partial charge in [0.2, 0.25) is 0 Å². The fourth-order valence-corrected chi connectivity index (χ4v) is 4.09. The van der Waals surface area contributed by atoms with Crippen molar-refractivity contribution in [1.82, 2.24) is 15.0 Å². The molecule has 1 amide bonds. The maximum atomic E-state index is 13.1. The molecule has 2 aromatic carbocycles. The van der Waals surface area contributed by atoms with Crippen LogP contribution in [0.3, 0.4) is 0 Å². The summed E-state index contributed by atoms with van der Waals surface area (Å²) in [4.78, 5) is 25.9. The summed E-state index contributed by atoms with van der Waals surface area (Å²) in [5.74, 6) is 0.524. The lowest BCUT2D eigenvalue weighted by Gasteiger charge is -2.06. The van der Waals surface area contributed by atoms with Gasteiger partial charge in [0, 0.05) is 46.4 Å². The Morgan fingerprint density at radius 2 is 1.77 bits per heavy atom. The number of aromatic nitrogens is 3. The van der Waals surface area contributed by atoms with Crippen LogP contribution >= 0.6 is 11.8 Å². The molecule has 3 aromatic heterocycles. The van der Waals surface area contributed by atoms with Crippen molar-refractivity contribution in [3.63, 3.8) is 0 Å². The molecule has 146 valence electrons. The predicted molar refractivity (Wildman–Crippen MR) is 118 cm³/mol. The number of anilines is 1. The Balaban J connectivity index is 1.46. The quantitative estimate of drug-likeness (QED) is 0.311. The van der Waals surface area contributed by atoms with Crippen molar-refractivity contribution >= 4 is 45.2 Å². The first kappa shape index (κ1) is 18.3. The predicted octanol–water partition coefficient (Wildman–Crippen LogP) is 5.32. The zero-order valence-corrected chi connectivity index (χ0v) is 16.6. The van der Waals surface area contributed by atoms with Gasteiger partial charge in [0.1, 0.15) is 5.58 Å². The van der Waals surface area contributed by atoms with E-state index in [1.54, 1.807) is 24.7 Å². The molecule has 3 heterocycles. The third-order valence-electron chi connectivity index (χ3n) is 4.65. The smallest absolute Gasteiger partial charge is 0.291 e. The molecule has 0 aliphatic carbocycles. The fourth-order valence-electron chi connectivity index (χ4n) is 3.26. The van der Waals surface area contributed by atoms with Gasteiger partial charge in [-0.15, -0.1) is 0 Å². The van der Waals surface area contributed by atoms with Gasteiger partial charge >= 0.3 is 0 Å². The van der Waals surface area contributed by atoms with Gasteiger partial charge in [0.15, 0.2) is 10.9 Å². The highest BCUT2D eigenvalue weighted by molar-refractivity contribution is 7.98. The number of nitrogens with zero attached hydrogens (tertiary/aromatic N) is 3. The molecular formula is C23H16N4O2S. The minimum Gasteiger partial charge on any atom is -0.451 e. The molecule has 0 saturated carbocycles. The van der Waals surface area contributed by atoms with Gasteiger partial charge in [-0.05, 0) is 36.4 Å². The number of rotatable bonds is 5. The number of fused-ring (bicyclic) bond motifs is 2. The lowest BCUT2D eigenvalue weighted by Crippen LogP contribution is -2.12. The number of nitrogens with one attached hydrogen (secondary N) is 1. The topological polar surface area (TPSA) is 80.9 Å². The van der Waals surface area contributed by atoms with Crippen molar-refractivity contribution in [3.05, 3.63) is 90.6 Å². The summed E-state index contributed by atoms with van der Waals surface area (Å²) in [5.41, 5.74) is 3.06. The van der Waals surface area contributed by atoms with Crippen LogP contribution in [-0.4, -0.2) is 20.9 Å². The zero-order valence-electron chi connectivity index (χ0n) is 15.8. The molecule has 0 fully saturated rings. The summed E-state index contributed by atoms with van der Waals surface area (Å²) < 4.78 is 5.93. The van der Waals surface area contributed by atoms with Gasteiger partial charge in [-0.25, -0.2) is 9.97 Å². The van der Waals surface area contributed by atoms with E-state index >= 15 is 0 Å². The fraction of sp³-hybridized carbons (Fsp3) is 0.0435. The molecule has 1 N–H and O–H groups in total. The first-order valence-corrected chi connectivity index (χ1v) is 10.3. The summed E-state index contributed by atoms with van der Waals surface area (Å²) in [7, 11) is 0. The Morgan fingerprint density at radius 3 is 2.67 bits per heavy atom. The minimum atomic E-state index is -0.293. The van der Waals surface area contributed by atoms with E-state index in [-0.39, 0.29) is 5.91 Å². The number of hydrogen-bond acceptors (Lipinski definition) is 6. The number of benzene rings is 2. The Kier molecular flexibility index (Phi) is 4.86. The maximum absolute atomic E-state index is 13.1. The molecule has 0 bridgehead atoms. The van der Waals surface area contributed by atoms with Gasteiger partial charge in [0.25, 0.3) is 5.91 Å². The first-order chi connectivity index (χ1) is 14.8. The lowest BCUT2D eigenvalue weighted by atomic mass is 10.1. The lowest BCUT2D eigenvalue weighted by molar-refractivity contribution is 0.0998. The molecule has 5 rings (SSSR count). The van der Waals surface area contributed by atoms with E-state index in [0.717, 1.165) is 21.9 Å². The van der Waals surface area contributed by atoms with Crippen LogP contribution in [0.4, 0.5) is 5.69 Å². The number of pyridine rings is 1. The maximum Gasteiger partial charge on any atom is 0.291 e. The second-order valence-electron chi connectivity index (χ2n) is 6.59. The number of thioether (sulfide) groups is 1. The molecule has 7 heteroatoms. The van der Waals surface area contributed by atoms with Crippen molar-refractivity contribution in [2.24, 2.45) is 0 Å². The van der Waals surface area contributed by atoms with Crippen LogP contribution in [-0.2, 0) is 5.75 Å². The van der Waals surface area contributed by atoms with Crippen LogP contribution in [0.2, 0.25) is 0 Å². The number of carbonyl (C=O) groups is 1. The SMILES string of the molecule is O=C(Nc1ccc2ncccc2c1)c1oc2ccccc2c1CSc1ncccn1. The Labute approximate surface area is 176 Å². The van der Waals surface area contributed by atoms with Crippen LogP contribution in [0.1, 0.15) is 16.1 Å². The summed E-state index contributed by atoms with van der Waals surface area (Å²) in [6.07, 6.45) is 5.14. The normalized spacial score (nSPS) is 11.1. The highest BCUT2D eigenvalue weighted by Crippen LogP contribution is 2.31. The summed E-state index contributed by atoms with van der Waals surface area (Å²) in [5, 5.41) is 5.46. The largest absolute Gasteiger partial charge is 0.451 e. The Hall–Kier alpha value is -3.71. The van der Waals surface area contributed by atoms with Crippen LogP contribution in [0.25, 0.3) is 21.9 Å². The van der Waals surface area contributed by atoms with Gasteiger partial charge in [0.05, 0.1) is 5.52 Å². The average Bonchev–Trinajstić information content (AvgIpc) is 3.17. The number of hydrogen-bond donors (Lipinski definition) is 1. The molecule has 5 aromatic rings. The summed E-state index contributed by atoms with van der Waals surface area (Å²) >= 11 is 1.46. The summed E-state index contributed by atoms with van der Waals surface area (Å²) in [6, 6.07) is 18.9. The molecule has 0 unspecified atom stereocenters. The van der Waals surface area contributed by atoms with Gasteiger partial charge < -0.3 is 9.73 Å². The number of para-hydroxylation sites is 1. The molecule has 0 spiro atoms. The highest BCUT2D eigenvalue weighted by Gasteiger charge is 2.21. The first-order valence-electron chi connectivity index (χ1n) is 9.34. The molecule has 6 nitrogen and oxygen atoms in total. The van der Waals surface area contributed by atoms with Crippen molar-refractivity contribution < 1.29 is 9.21 Å². The third-order valence-corrected chi connectivity index (χ3v) is 5.56. The van der Waals surface area contributed by atoms with Crippen LogP contribution in [0.5, 0.6) is 0 Å².